The molecular weight excluding hydrogens is 532 g/mol. The lowest BCUT2D eigenvalue weighted by atomic mass is 9.59. The summed E-state index contributed by atoms with van der Waals surface area (Å²) in [6, 6.07) is 18.3. The normalized spacial score (nSPS) is 27.3. The van der Waals surface area contributed by atoms with E-state index in [4.69, 9.17) is 16.3 Å². The molecule has 3 aliphatic rings. The lowest BCUT2D eigenvalue weighted by Crippen LogP contribution is -2.53. The zero-order valence-corrected chi connectivity index (χ0v) is 24.9. The highest BCUT2D eigenvalue weighted by atomic mass is 35.5. The third-order valence-corrected chi connectivity index (χ3v) is 10.5. The maximum absolute atomic E-state index is 12.7. The number of fused-ring (bicyclic) bond motifs is 3. The molecule has 3 atom stereocenters. The summed E-state index contributed by atoms with van der Waals surface area (Å²) >= 11 is 6.22. The molecule has 1 heterocycles. The van der Waals surface area contributed by atoms with Crippen LogP contribution in [0.2, 0.25) is 5.02 Å². The Morgan fingerprint density at radius 3 is 2.71 bits per heavy atom. The number of pyridine rings is 1. The van der Waals surface area contributed by atoms with Crippen molar-refractivity contribution in [2.45, 2.75) is 88.5 Å². The van der Waals surface area contributed by atoms with Gasteiger partial charge in [-0.15, -0.1) is 0 Å². The summed E-state index contributed by atoms with van der Waals surface area (Å²) in [5.41, 5.74) is 5.15. The minimum absolute atomic E-state index is 0.00889. The maximum Gasteiger partial charge on any atom is 0.329 e. The van der Waals surface area contributed by atoms with Crippen LogP contribution >= 0.6 is 11.6 Å². The van der Waals surface area contributed by atoms with Crippen LogP contribution in [0.15, 0.2) is 60.8 Å². The van der Waals surface area contributed by atoms with E-state index < -0.39 is 11.5 Å². The van der Waals surface area contributed by atoms with Gasteiger partial charge in [0.15, 0.2) is 0 Å². The fourth-order valence-electron chi connectivity index (χ4n) is 8.12. The highest BCUT2D eigenvalue weighted by Crippen LogP contribution is 2.56. The highest BCUT2D eigenvalue weighted by Gasteiger charge is 2.54. The second-order valence-corrected chi connectivity index (χ2v) is 13.1. The molecular formula is C35H41ClN2O3. The Labute approximate surface area is 248 Å². The quantitative estimate of drug-likeness (QED) is 0.270. The zero-order valence-electron chi connectivity index (χ0n) is 24.2. The molecule has 5 nitrogen and oxygen atoms in total. The van der Waals surface area contributed by atoms with Crippen LogP contribution in [-0.2, 0) is 23.1 Å². The summed E-state index contributed by atoms with van der Waals surface area (Å²) in [4.78, 5) is 17.3. The van der Waals surface area contributed by atoms with Gasteiger partial charge in [0.1, 0.15) is 11.3 Å². The number of nitrogens with one attached hydrogen (secondary N) is 1. The largest absolute Gasteiger partial charge is 0.493 e. The van der Waals surface area contributed by atoms with Crippen molar-refractivity contribution in [1.82, 2.24) is 4.98 Å². The highest BCUT2D eigenvalue weighted by molar-refractivity contribution is 6.30. The first-order chi connectivity index (χ1) is 19.8. The number of anilines is 1. The van der Waals surface area contributed by atoms with Crippen LogP contribution in [0.1, 0.15) is 87.1 Å². The molecule has 0 aliphatic heterocycles. The van der Waals surface area contributed by atoms with E-state index in [0.717, 1.165) is 50.0 Å². The van der Waals surface area contributed by atoms with Crippen molar-refractivity contribution < 1.29 is 14.6 Å². The molecule has 1 spiro atoms. The number of ether oxygens (including phenoxy) is 1. The zero-order chi connectivity index (χ0) is 28.6. The fourth-order valence-corrected chi connectivity index (χ4v) is 8.31. The van der Waals surface area contributed by atoms with Gasteiger partial charge in [0.25, 0.3) is 0 Å². The van der Waals surface area contributed by atoms with Crippen LogP contribution < -0.4 is 10.1 Å². The van der Waals surface area contributed by atoms with E-state index in [1.54, 1.807) is 0 Å². The molecule has 1 fully saturated rings. The Kier molecular flexibility index (Phi) is 7.76. The first kappa shape index (κ1) is 28.1. The number of rotatable bonds is 9. The Bertz CT molecular complexity index is 1410. The van der Waals surface area contributed by atoms with Crippen molar-refractivity contribution in [2.24, 2.45) is 11.8 Å². The number of halogens is 1. The maximum atomic E-state index is 12.7. The molecule has 3 aromatic rings. The first-order valence-corrected chi connectivity index (χ1v) is 15.7. The van der Waals surface area contributed by atoms with Gasteiger partial charge in [-0.25, -0.2) is 4.79 Å². The van der Waals surface area contributed by atoms with Crippen LogP contribution in [0, 0.1) is 11.8 Å². The summed E-state index contributed by atoms with van der Waals surface area (Å²) in [6.07, 6.45) is 10.2. The topological polar surface area (TPSA) is 71.5 Å². The van der Waals surface area contributed by atoms with Gasteiger partial charge in [0, 0.05) is 28.2 Å². The van der Waals surface area contributed by atoms with E-state index >= 15 is 0 Å². The van der Waals surface area contributed by atoms with E-state index in [9.17, 15) is 9.90 Å². The van der Waals surface area contributed by atoms with Crippen LogP contribution in [0.3, 0.4) is 0 Å². The van der Waals surface area contributed by atoms with E-state index in [0.29, 0.717) is 42.2 Å². The number of hydrogen-bond donors (Lipinski definition) is 2. The molecule has 0 bridgehead atoms. The smallest absolute Gasteiger partial charge is 0.329 e. The molecule has 0 unspecified atom stereocenters. The summed E-state index contributed by atoms with van der Waals surface area (Å²) in [7, 11) is 0. The Balaban J connectivity index is 1.19. The van der Waals surface area contributed by atoms with Crippen molar-refractivity contribution in [1.29, 1.82) is 0 Å². The summed E-state index contributed by atoms with van der Waals surface area (Å²) in [6.45, 7) is 5.25. The Morgan fingerprint density at radius 1 is 1.15 bits per heavy atom. The lowest BCUT2D eigenvalue weighted by molar-refractivity contribution is -0.144. The Hall–Kier alpha value is -3.05. The first-order valence-electron chi connectivity index (χ1n) is 15.3. The molecule has 0 saturated heterocycles. The Morgan fingerprint density at radius 2 is 1.95 bits per heavy atom. The summed E-state index contributed by atoms with van der Waals surface area (Å²) in [5, 5.41) is 14.4. The second-order valence-electron chi connectivity index (χ2n) is 12.7. The van der Waals surface area contributed by atoms with Crippen molar-refractivity contribution in [3.63, 3.8) is 0 Å². The van der Waals surface area contributed by atoms with Gasteiger partial charge in [-0.2, -0.15) is 0 Å². The van der Waals surface area contributed by atoms with Crippen molar-refractivity contribution >= 4 is 23.3 Å². The molecule has 6 rings (SSSR count). The number of aliphatic carboxylic acids is 1. The molecule has 1 saturated carbocycles. The molecule has 0 radical (unpaired) electrons. The van der Waals surface area contributed by atoms with Crippen molar-refractivity contribution in [2.75, 3.05) is 11.9 Å². The number of carbonyl (C=O) groups is 1. The summed E-state index contributed by atoms with van der Waals surface area (Å²) in [5.74, 6) is 1.63. The predicted molar refractivity (Wildman–Crippen MR) is 164 cm³/mol. The standard InChI is InChI=1S/C35H41ClN2O3/c1-3-24-11-12-30-32(24)31(13-18-37-30)41-22-23(2)19-26-20-25-7-4-5-10-29(25)34(26)14-16-35(17-15-34,33(39)40)38-28-9-6-8-27(36)21-28/h4-10,13,18,21,23-24,26,38H,3,11-12,14-17,19-20,22H2,1-2H3,(H,39,40)/t23-,24-,26+,34?,35?/m1/s1. The number of hydrogen-bond acceptors (Lipinski definition) is 4. The SMILES string of the molecule is CC[C@@H]1CCc2nccc(OC[C@H](C)C[C@H]3Cc4ccccc4C34CCC(Nc3cccc(Cl)c3)(C(=O)O)CC4)c21. The minimum atomic E-state index is -0.996. The van der Waals surface area contributed by atoms with Crippen LogP contribution in [0.5, 0.6) is 5.75 Å². The predicted octanol–water partition coefficient (Wildman–Crippen LogP) is 8.20. The van der Waals surface area contributed by atoms with E-state index in [1.165, 1.54) is 28.8 Å². The van der Waals surface area contributed by atoms with E-state index in [-0.39, 0.29) is 5.41 Å². The molecule has 2 N–H and O–H groups in total. The average molecular weight is 573 g/mol. The molecule has 2 aromatic carbocycles. The third-order valence-electron chi connectivity index (χ3n) is 10.3. The van der Waals surface area contributed by atoms with Gasteiger partial charge in [-0.3, -0.25) is 4.98 Å². The van der Waals surface area contributed by atoms with Crippen LogP contribution in [0.4, 0.5) is 5.69 Å². The van der Waals surface area contributed by atoms with Gasteiger partial charge < -0.3 is 15.2 Å². The summed E-state index contributed by atoms with van der Waals surface area (Å²) < 4.78 is 6.51. The second kappa shape index (κ2) is 11.3. The number of carboxylic acids is 1. The molecule has 216 valence electrons. The number of benzene rings is 2. The van der Waals surface area contributed by atoms with E-state index in [1.807, 2.05) is 36.5 Å². The molecule has 3 aliphatic carbocycles. The van der Waals surface area contributed by atoms with Crippen LogP contribution in [-0.4, -0.2) is 28.2 Å². The molecule has 1 aromatic heterocycles. The molecule has 41 heavy (non-hydrogen) atoms. The number of nitrogens with zero attached hydrogens (tertiary/aromatic N) is 1. The number of aryl methyl sites for hydroxylation is 1. The van der Waals surface area contributed by atoms with Crippen molar-refractivity contribution in [3.8, 4) is 5.75 Å². The molecule has 0 amide bonds. The van der Waals surface area contributed by atoms with Crippen LogP contribution in [0.25, 0.3) is 0 Å². The van der Waals surface area contributed by atoms with Crippen molar-refractivity contribution in [3.05, 3.63) is 88.2 Å². The lowest BCUT2D eigenvalue weighted by Gasteiger charge is -2.47. The van der Waals surface area contributed by atoms with Gasteiger partial charge in [0.05, 0.1) is 6.61 Å². The minimum Gasteiger partial charge on any atom is -0.493 e. The fraction of sp³-hybridized carbons (Fsp3) is 0.486. The number of carboxylic acid groups (broad SMARTS) is 1. The average Bonchev–Trinajstić information content (AvgIpc) is 3.53. The monoisotopic (exact) mass is 572 g/mol. The third kappa shape index (κ3) is 5.22. The van der Waals surface area contributed by atoms with Gasteiger partial charge in [-0.05, 0) is 116 Å². The van der Waals surface area contributed by atoms with Gasteiger partial charge in [0.2, 0.25) is 0 Å². The number of aromatic nitrogens is 1. The van der Waals surface area contributed by atoms with E-state index in [2.05, 4.69) is 48.4 Å². The molecule has 6 heteroatoms. The van der Waals surface area contributed by atoms with Gasteiger partial charge in [-0.1, -0.05) is 55.8 Å². The van der Waals surface area contributed by atoms with Gasteiger partial charge >= 0.3 is 5.97 Å².